The number of furan rings is 1. The maximum atomic E-state index is 6.54. The van der Waals surface area contributed by atoms with Gasteiger partial charge in [-0.25, -0.2) is 0 Å². The van der Waals surface area contributed by atoms with Crippen molar-refractivity contribution in [3.8, 4) is 44.5 Å². The lowest BCUT2D eigenvalue weighted by Crippen LogP contribution is -2.15. The smallest absolute Gasteiger partial charge is 0.136 e. The molecule has 9 aromatic rings. The zero-order valence-electron chi connectivity index (χ0n) is 33.2. The van der Waals surface area contributed by atoms with Gasteiger partial charge in [0.15, 0.2) is 0 Å². The second kappa shape index (κ2) is 13.2. The number of para-hydroxylation sites is 1. The lowest BCUT2D eigenvalue weighted by atomic mass is 9.81. The van der Waals surface area contributed by atoms with Gasteiger partial charge in [0.1, 0.15) is 11.2 Å². The van der Waals surface area contributed by atoms with E-state index in [2.05, 4.69) is 215 Å². The fourth-order valence-electron chi connectivity index (χ4n) is 8.99. The first-order valence-electron chi connectivity index (χ1n) is 20.0. The van der Waals surface area contributed by atoms with Gasteiger partial charge >= 0.3 is 0 Å². The van der Waals surface area contributed by atoms with Crippen molar-refractivity contribution in [2.75, 3.05) is 4.90 Å². The van der Waals surface area contributed by atoms with Crippen molar-refractivity contribution in [1.29, 1.82) is 0 Å². The van der Waals surface area contributed by atoms with Gasteiger partial charge < -0.3 is 9.32 Å². The summed E-state index contributed by atoms with van der Waals surface area (Å²) < 4.78 is 6.54. The van der Waals surface area contributed by atoms with Crippen LogP contribution in [0.1, 0.15) is 51.3 Å². The van der Waals surface area contributed by atoms with Crippen molar-refractivity contribution in [2.45, 2.75) is 45.4 Å². The highest BCUT2D eigenvalue weighted by Gasteiger charge is 2.35. The predicted molar refractivity (Wildman–Crippen MR) is 241 cm³/mol. The van der Waals surface area contributed by atoms with Gasteiger partial charge in [0.05, 0.1) is 5.69 Å². The van der Waals surface area contributed by atoms with Gasteiger partial charge in [0, 0.05) is 33.1 Å². The molecule has 0 saturated heterocycles. The van der Waals surface area contributed by atoms with Gasteiger partial charge in [0.25, 0.3) is 0 Å². The summed E-state index contributed by atoms with van der Waals surface area (Å²) in [5.41, 5.74) is 18.7. The Morgan fingerprint density at radius 3 is 1.81 bits per heavy atom. The Labute approximate surface area is 335 Å². The number of hydrogen-bond acceptors (Lipinski definition) is 2. The minimum Gasteiger partial charge on any atom is -0.456 e. The Morgan fingerprint density at radius 2 is 1.04 bits per heavy atom. The van der Waals surface area contributed by atoms with E-state index in [-0.39, 0.29) is 10.8 Å². The van der Waals surface area contributed by atoms with Crippen LogP contribution in [0.5, 0.6) is 0 Å². The first-order chi connectivity index (χ1) is 27.6. The van der Waals surface area contributed by atoms with Gasteiger partial charge in [-0.2, -0.15) is 0 Å². The zero-order chi connectivity index (χ0) is 38.9. The minimum atomic E-state index is -0.117. The Balaban J connectivity index is 1.22. The molecule has 0 bridgehead atoms. The third-order valence-electron chi connectivity index (χ3n) is 12.1. The van der Waals surface area contributed by atoms with Gasteiger partial charge in [-0.05, 0) is 116 Å². The molecule has 1 aliphatic carbocycles. The molecule has 57 heavy (non-hydrogen) atoms. The summed E-state index contributed by atoms with van der Waals surface area (Å²) in [4.78, 5) is 2.43. The molecule has 0 spiro atoms. The molecule has 0 radical (unpaired) electrons. The van der Waals surface area contributed by atoms with E-state index in [0.717, 1.165) is 50.1 Å². The molecular weight excluding hydrogens is 691 g/mol. The van der Waals surface area contributed by atoms with Crippen LogP contribution in [0, 0.1) is 0 Å². The number of fused-ring (bicyclic) bond motifs is 6. The Hall–Kier alpha value is -6.64. The van der Waals surface area contributed by atoms with E-state index in [1.165, 1.54) is 50.1 Å². The monoisotopic (exact) mass is 735 g/mol. The summed E-state index contributed by atoms with van der Waals surface area (Å²) in [6.07, 6.45) is 0. The van der Waals surface area contributed by atoms with Crippen molar-refractivity contribution in [1.82, 2.24) is 0 Å². The maximum Gasteiger partial charge on any atom is 0.136 e. The number of benzene rings is 8. The molecule has 0 N–H and O–H groups in total. The molecule has 1 aliphatic rings. The molecule has 0 amide bonds. The number of hydrogen-bond donors (Lipinski definition) is 0. The third kappa shape index (κ3) is 5.87. The molecule has 0 unspecified atom stereocenters. The summed E-state index contributed by atoms with van der Waals surface area (Å²) in [5.74, 6) is 0. The number of nitrogens with zero attached hydrogens (tertiary/aromatic N) is 1. The molecule has 8 aromatic carbocycles. The lowest BCUT2D eigenvalue weighted by molar-refractivity contribution is 0.590. The van der Waals surface area contributed by atoms with Crippen molar-refractivity contribution < 1.29 is 4.42 Å². The van der Waals surface area contributed by atoms with E-state index in [4.69, 9.17) is 4.42 Å². The molecule has 2 nitrogen and oxygen atoms in total. The molecule has 2 heteroatoms. The first-order valence-corrected chi connectivity index (χ1v) is 20.0. The number of anilines is 3. The summed E-state index contributed by atoms with van der Waals surface area (Å²) in [7, 11) is 0. The second-order valence-electron chi connectivity index (χ2n) is 17.0. The van der Waals surface area contributed by atoms with Crippen molar-refractivity contribution in [2.24, 2.45) is 0 Å². The quantitative estimate of drug-likeness (QED) is 0.169. The van der Waals surface area contributed by atoms with Crippen LogP contribution >= 0.6 is 0 Å². The van der Waals surface area contributed by atoms with Crippen molar-refractivity contribution >= 4 is 39.0 Å². The van der Waals surface area contributed by atoms with E-state index in [1.54, 1.807) is 0 Å². The summed E-state index contributed by atoms with van der Waals surface area (Å²) >= 11 is 0. The average molecular weight is 736 g/mol. The summed E-state index contributed by atoms with van der Waals surface area (Å²) in [6, 6.07) is 66.5. The molecular formula is C55H45NO. The van der Waals surface area contributed by atoms with Crippen molar-refractivity contribution in [3.05, 3.63) is 199 Å². The molecule has 0 saturated carbocycles. The Kier molecular flexibility index (Phi) is 8.09. The molecule has 0 atom stereocenters. The predicted octanol–water partition coefficient (Wildman–Crippen LogP) is 15.7. The summed E-state index contributed by atoms with van der Waals surface area (Å²) in [5, 5.41) is 2.25. The fourth-order valence-corrected chi connectivity index (χ4v) is 8.99. The third-order valence-corrected chi connectivity index (χ3v) is 12.1. The van der Waals surface area contributed by atoms with Crippen LogP contribution in [0.4, 0.5) is 17.1 Å². The molecule has 0 fully saturated rings. The van der Waals surface area contributed by atoms with E-state index >= 15 is 0 Å². The molecule has 1 heterocycles. The van der Waals surface area contributed by atoms with Crippen LogP contribution in [0.25, 0.3) is 66.4 Å². The summed E-state index contributed by atoms with van der Waals surface area (Å²) in [6.45, 7) is 11.5. The zero-order valence-corrected chi connectivity index (χ0v) is 33.2. The van der Waals surface area contributed by atoms with Gasteiger partial charge in [0.2, 0.25) is 0 Å². The molecule has 1 aromatic heterocycles. The minimum absolute atomic E-state index is 0.0365. The topological polar surface area (TPSA) is 16.4 Å². The largest absolute Gasteiger partial charge is 0.456 e. The SMILES string of the molecule is CC(C)(C)c1ccc(N(c2ccc(-c3ccccc3)cc2)c2cccc(-c3ccc4c(c3)C(C)(C)c3ccccc3-4)c2-c2ccc3c(c2)oc2ccccc23)cc1. The average Bonchev–Trinajstić information content (AvgIpc) is 3.72. The molecule has 10 rings (SSSR count). The Morgan fingerprint density at radius 1 is 0.439 bits per heavy atom. The van der Waals surface area contributed by atoms with Gasteiger partial charge in [-0.3, -0.25) is 0 Å². The highest BCUT2D eigenvalue weighted by atomic mass is 16.3. The molecule has 276 valence electrons. The highest BCUT2D eigenvalue weighted by molar-refractivity contribution is 6.07. The van der Waals surface area contributed by atoms with E-state index < -0.39 is 0 Å². The molecule has 0 aliphatic heterocycles. The fraction of sp³-hybridized carbons (Fsp3) is 0.127. The van der Waals surface area contributed by atoms with Crippen LogP contribution in [-0.4, -0.2) is 0 Å². The normalized spacial score (nSPS) is 13.1. The van der Waals surface area contributed by atoms with Gasteiger partial charge in [-0.15, -0.1) is 0 Å². The van der Waals surface area contributed by atoms with E-state index in [9.17, 15) is 0 Å². The van der Waals surface area contributed by atoms with Crippen molar-refractivity contribution in [3.63, 3.8) is 0 Å². The Bertz CT molecular complexity index is 2940. The van der Waals surface area contributed by atoms with E-state index in [0.29, 0.717) is 0 Å². The number of rotatable bonds is 6. The highest BCUT2D eigenvalue weighted by Crippen LogP contribution is 2.52. The first kappa shape index (κ1) is 34.8. The standard InChI is InChI=1S/C55H45NO/c1-54(2,3)40-26-30-42(31-27-40)56(41-28-22-37(23-29-41)36-14-7-6-8-15-36)50-20-13-18-43(38-24-32-45-44-16-9-11-19-48(44)55(4,5)49(45)34-38)53(50)39-25-33-47-46-17-10-12-21-51(46)57-52(47)35-39/h6-35H,1-5H3. The van der Waals surface area contributed by atoms with Crippen LogP contribution in [0.15, 0.2) is 186 Å². The van der Waals surface area contributed by atoms with Crippen LogP contribution < -0.4 is 4.90 Å². The van der Waals surface area contributed by atoms with E-state index in [1.807, 2.05) is 6.07 Å². The van der Waals surface area contributed by atoms with Crippen LogP contribution in [0.3, 0.4) is 0 Å². The lowest BCUT2D eigenvalue weighted by Gasteiger charge is -2.30. The van der Waals surface area contributed by atoms with Gasteiger partial charge in [-0.1, -0.05) is 162 Å². The second-order valence-corrected chi connectivity index (χ2v) is 17.0. The van der Waals surface area contributed by atoms with Crippen LogP contribution in [-0.2, 0) is 10.8 Å². The maximum absolute atomic E-state index is 6.54. The van der Waals surface area contributed by atoms with Crippen LogP contribution in [0.2, 0.25) is 0 Å².